The van der Waals surface area contributed by atoms with Crippen molar-refractivity contribution in [3.05, 3.63) is 29.6 Å². The fourth-order valence-corrected chi connectivity index (χ4v) is 3.20. The lowest BCUT2D eigenvalue weighted by atomic mass is 10.2. The first kappa shape index (κ1) is 13.8. The van der Waals surface area contributed by atoms with Gasteiger partial charge in [0, 0.05) is 24.4 Å². The van der Waals surface area contributed by atoms with E-state index >= 15 is 0 Å². The zero-order valence-electron chi connectivity index (χ0n) is 11.4. The van der Waals surface area contributed by atoms with Crippen molar-refractivity contribution in [1.29, 1.82) is 0 Å². The molecule has 2 nitrogen and oxygen atoms in total. The van der Waals surface area contributed by atoms with E-state index in [-0.39, 0.29) is 5.52 Å². The van der Waals surface area contributed by atoms with E-state index in [4.69, 9.17) is 11.6 Å². The third kappa shape index (κ3) is 2.30. The van der Waals surface area contributed by atoms with Gasteiger partial charge in [0.1, 0.15) is 17.2 Å². The minimum absolute atomic E-state index is 0.258. The van der Waals surface area contributed by atoms with Crippen LogP contribution in [0.1, 0.15) is 38.1 Å². The zero-order valence-corrected chi connectivity index (χ0v) is 12.1. The molecule has 0 aliphatic heterocycles. The molecule has 0 N–H and O–H groups in total. The van der Waals surface area contributed by atoms with Crippen LogP contribution < -0.4 is 0 Å². The van der Waals surface area contributed by atoms with E-state index in [1.807, 2.05) is 4.57 Å². The number of fused-ring (bicyclic) bond motifs is 1. The molecule has 0 amide bonds. The van der Waals surface area contributed by atoms with Crippen molar-refractivity contribution in [2.24, 2.45) is 5.92 Å². The maximum Gasteiger partial charge on any atom is 0.153 e. The summed E-state index contributed by atoms with van der Waals surface area (Å²) >= 11 is 5.81. The Morgan fingerprint density at radius 1 is 1.40 bits per heavy atom. The van der Waals surface area contributed by atoms with E-state index in [0.29, 0.717) is 29.8 Å². The maximum absolute atomic E-state index is 13.9. The lowest BCUT2D eigenvalue weighted by molar-refractivity contribution is 0.586. The highest BCUT2D eigenvalue weighted by Gasteiger charge is 2.40. The molecular formula is C15H17ClF2N2. The van der Waals surface area contributed by atoms with Crippen molar-refractivity contribution in [3.8, 4) is 0 Å². The molecule has 2 atom stereocenters. The Labute approximate surface area is 121 Å². The number of halogens is 3. The second kappa shape index (κ2) is 5.32. The maximum atomic E-state index is 13.9. The van der Waals surface area contributed by atoms with Gasteiger partial charge in [-0.2, -0.15) is 0 Å². The molecule has 1 aliphatic rings. The fourth-order valence-electron chi connectivity index (χ4n) is 3.03. The van der Waals surface area contributed by atoms with Crippen molar-refractivity contribution < 1.29 is 8.78 Å². The molecule has 2 unspecified atom stereocenters. The summed E-state index contributed by atoms with van der Waals surface area (Å²) in [5.74, 6) is 0.642. The van der Waals surface area contributed by atoms with E-state index < -0.39 is 11.6 Å². The summed E-state index contributed by atoms with van der Waals surface area (Å²) in [7, 11) is 0. The van der Waals surface area contributed by atoms with Crippen LogP contribution in [-0.4, -0.2) is 15.4 Å². The van der Waals surface area contributed by atoms with Crippen LogP contribution in [0.5, 0.6) is 0 Å². The minimum Gasteiger partial charge on any atom is -0.324 e. The standard InChI is InChI=1S/C15H17ClF2N2/c1-2-3-9-6-12(9)20-13-8-10(17)7-11(18)15(13)19-14(20)4-5-16/h7-9,12H,2-6H2,1H3. The quantitative estimate of drug-likeness (QED) is 0.745. The summed E-state index contributed by atoms with van der Waals surface area (Å²) in [5.41, 5.74) is 0.819. The summed E-state index contributed by atoms with van der Waals surface area (Å²) in [6, 6.07) is 2.59. The second-order valence-corrected chi connectivity index (χ2v) is 5.82. The van der Waals surface area contributed by atoms with Crippen LogP contribution in [0.4, 0.5) is 8.78 Å². The number of nitrogens with zero attached hydrogens (tertiary/aromatic N) is 2. The first-order valence-corrected chi connectivity index (χ1v) is 7.61. The van der Waals surface area contributed by atoms with Crippen molar-refractivity contribution >= 4 is 22.6 Å². The average molecular weight is 299 g/mol. The molecule has 0 spiro atoms. The predicted molar refractivity (Wildman–Crippen MR) is 76.1 cm³/mol. The number of hydrogen-bond donors (Lipinski definition) is 0. The number of rotatable bonds is 5. The highest BCUT2D eigenvalue weighted by Crippen LogP contribution is 2.48. The Kier molecular flexibility index (Phi) is 3.67. The molecule has 1 saturated carbocycles. The molecule has 0 bridgehead atoms. The second-order valence-electron chi connectivity index (χ2n) is 5.44. The van der Waals surface area contributed by atoms with Gasteiger partial charge in [-0.3, -0.25) is 0 Å². The molecule has 20 heavy (non-hydrogen) atoms. The Morgan fingerprint density at radius 3 is 2.90 bits per heavy atom. The molecule has 3 rings (SSSR count). The summed E-state index contributed by atoms with van der Waals surface area (Å²) in [5, 5.41) is 0. The van der Waals surface area contributed by atoms with Gasteiger partial charge >= 0.3 is 0 Å². The van der Waals surface area contributed by atoms with Crippen LogP contribution in [0.3, 0.4) is 0 Å². The number of imidazole rings is 1. The summed E-state index contributed by atoms with van der Waals surface area (Å²) in [6.45, 7) is 2.15. The van der Waals surface area contributed by atoms with E-state index in [2.05, 4.69) is 11.9 Å². The van der Waals surface area contributed by atoms with Crippen molar-refractivity contribution in [2.45, 2.75) is 38.6 Å². The van der Waals surface area contributed by atoms with Gasteiger partial charge < -0.3 is 4.57 Å². The van der Waals surface area contributed by atoms with Crippen molar-refractivity contribution in [2.75, 3.05) is 5.88 Å². The molecule has 0 radical (unpaired) electrons. The molecule has 5 heteroatoms. The van der Waals surface area contributed by atoms with Crippen LogP contribution >= 0.6 is 11.6 Å². The third-order valence-electron chi connectivity index (χ3n) is 3.98. The van der Waals surface area contributed by atoms with E-state index in [0.717, 1.165) is 31.2 Å². The first-order chi connectivity index (χ1) is 9.65. The van der Waals surface area contributed by atoms with E-state index in [1.165, 1.54) is 6.07 Å². The largest absolute Gasteiger partial charge is 0.324 e. The van der Waals surface area contributed by atoms with Crippen LogP contribution in [0.15, 0.2) is 12.1 Å². The van der Waals surface area contributed by atoms with E-state index in [1.54, 1.807) is 0 Å². The van der Waals surface area contributed by atoms with Gasteiger partial charge in [-0.05, 0) is 24.8 Å². The van der Waals surface area contributed by atoms with E-state index in [9.17, 15) is 8.78 Å². The van der Waals surface area contributed by atoms with Gasteiger partial charge in [-0.1, -0.05) is 13.3 Å². The minimum atomic E-state index is -0.595. The Hall–Kier alpha value is -1.16. The molecule has 0 saturated heterocycles. The van der Waals surface area contributed by atoms with Gasteiger partial charge in [0.2, 0.25) is 0 Å². The molecule has 1 aromatic carbocycles. The fraction of sp³-hybridized carbons (Fsp3) is 0.533. The molecule has 1 heterocycles. The van der Waals surface area contributed by atoms with Crippen molar-refractivity contribution in [3.63, 3.8) is 0 Å². The monoisotopic (exact) mass is 298 g/mol. The first-order valence-electron chi connectivity index (χ1n) is 7.07. The topological polar surface area (TPSA) is 17.8 Å². The number of benzene rings is 1. The van der Waals surface area contributed by atoms with Gasteiger partial charge in [0.15, 0.2) is 5.82 Å². The molecule has 2 aromatic rings. The summed E-state index contributed by atoms with van der Waals surface area (Å²) in [4.78, 5) is 4.34. The highest BCUT2D eigenvalue weighted by atomic mass is 35.5. The number of alkyl halides is 1. The Balaban J connectivity index is 2.10. The highest BCUT2D eigenvalue weighted by molar-refractivity contribution is 6.17. The SMILES string of the molecule is CCCC1CC1n1c(CCCl)nc2c(F)cc(F)cc21. The number of aryl methyl sites for hydroxylation is 1. The third-order valence-corrected chi connectivity index (χ3v) is 4.17. The lowest BCUT2D eigenvalue weighted by Crippen LogP contribution is -2.04. The molecule has 1 aromatic heterocycles. The number of aromatic nitrogens is 2. The molecule has 1 aliphatic carbocycles. The van der Waals surface area contributed by atoms with Crippen LogP contribution in [0, 0.1) is 17.6 Å². The van der Waals surface area contributed by atoms with Gasteiger partial charge in [-0.15, -0.1) is 11.6 Å². The normalized spacial score (nSPS) is 21.6. The molecular weight excluding hydrogens is 282 g/mol. The smallest absolute Gasteiger partial charge is 0.153 e. The lowest BCUT2D eigenvalue weighted by Gasteiger charge is -2.08. The van der Waals surface area contributed by atoms with Gasteiger partial charge in [0.05, 0.1) is 5.52 Å². The number of hydrogen-bond acceptors (Lipinski definition) is 1. The average Bonchev–Trinajstić information content (AvgIpc) is 3.04. The van der Waals surface area contributed by atoms with Crippen molar-refractivity contribution in [1.82, 2.24) is 9.55 Å². The Morgan fingerprint density at radius 2 is 2.20 bits per heavy atom. The van der Waals surface area contributed by atoms with Gasteiger partial charge in [-0.25, -0.2) is 13.8 Å². The van der Waals surface area contributed by atoms with Crippen LogP contribution in [0.2, 0.25) is 0 Å². The molecule has 108 valence electrons. The predicted octanol–water partition coefficient (Wildman–Crippen LogP) is 4.46. The Bertz CT molecular complexity index is 638. The zero-order chi connectivity index (χ0) is 14.3. The van der Waals surface area contributed by atoms with Crippen LogP contribution in [-0.2, 0) is 6.42 Å². The van der Waals surface area contributed by atoms with Crippen LogP contribution in [0.25, 0.3) is 11.0 Å². The van der Waals surface area contributed by atoms with Gasteiger partial charge in [0.25, 0.3) is 0 Å². The summed E-state index contributed by atoms with van der Waals surface area (Å²) in [6.07, 6.45) is 3.91. The summed E-state index contributed by atoms with van der Waals surface area (Å²) < 4.78 is 29.4. The molecule has 1 fully saturated rings.